The fourth-order valence-corrected chi connectivity index (χ4v) is 2.42. The van der Waals surface area contributed by atoms with E-state index in [0.717, 1.165) is 43.7 Å². The molecule has 0 aliphatic heterocycles. The first kappa shape index (κ1) is 18.1. The molecule has 0 fully saturated rings. The van der Waals surface area contributed by atoms with E-state index >= 15 is 0 Å². The van der Waals surface area contributed by atoms with Crippen LogP contribution < -0.4 is 5.32 Å². The second-order valence-corrected chi connectivity index (χ2v) is 6.10. The maximum absolute atomic E-state index is 11.9. The van der Waals surface area contributed by atoms with Crippen LogP contribution in [0.1, 0.15) is 34.7 Å². The second-order valence-electron chi connectivity index (χ2n) is 6.10. The van der Waals surface area contributed by atoms with Gasteiger partial charge in [-0.2, -0.15) is 0 Å². The molecule has 1 amide bonds. The maximum atomic E-state index is 11.9. The van der Waals surface area contributed by atoms with E-state index < -0.39 is 0 Å². The molecule has 1 aromatic heterocycles. The summed E-state index contributed by atoms with van der Waals surface area (Å²) < 4.78 is 0. The van der Waals surface area contributed by atoms with Crippen LogP contribution in [-0.4, -0.2) is 48.0 Å². The van der Waals surface area contributed by atoms with Gasteiger partial charge in [0.25, 0.3) is 5.91 Å². The van der Waals surface area contributed by atoms with E-state index in [1.165, 1.54) is 0 Å². The van der Waals surface area contributed by atoms with Crippen LogP contribution in [0, 0.1) is 0 Å². The fraction of sp³-hybridized carbons (Fsp3) is 0.421. The van der Waals surface area contributed by atoms with Gasteiger partial charge in [-0.05, 0) is 58.1 Å². The second kappa shape index (κ2) is 9.78. The molecule has 0 unspecified atom stereocenters. The lowest BCUT2D eigenvalue weighted by Crippen LogP contribution is -2.24. The highest BCUT2D eigenvalue weighted by Gasteiger charge is 2.04. The molecule has 128 valence electrons. The number of amides is 1. The summed E-state index contributed by atoms with van der Waals surface area (Å²) in [4.78, 5) is 23.0. The van der Waals surface area contributed by atoms with Crippen LogP contribution in [0.25, 0.3) is 0 Å². The van der Waals surface area contributed by atoms with Crippen LogP contribution in [-0.2, 0) is 12.8 Å². The van der Waals surface area contributed by atoms with Crippen LogP contribution in [0.2, 0.25) is 0 Å². The van der Waals surface area contributed by atoms with E-state index in [2.05, 4.69) is 34.3 Å². The van der Waals surface area contributed by atoms with Crippen molar-refractivity contribution >= 4 is 5.91 Å². The first-order valence-corrected chi connectivity index (χ1v) is 8.44. The van der Waals surface area contributed by atoms with Crippen molar-refractivity contribution in [2.45, 2.75) is 25.7 Å². The molecule has 1 N–H and O–H groups in total. The van der Waals surface area contributed by atoms with Crippen LogP contribution >= 0.6 is 0 Å². The Morgan fingerprint density at radius 1 is 1.08 bits per heavy atom. The molecular weight excluding hydrogens is 300 g/mol. The van der Waals surface area contributed by atoms with Crippen molar-refractivity contribution < 1.29 is 4.79 Å². The average molecular weight is 326 g/mol. The highest BCUT2D eigenvalue weighted by Crippen LogP contribution is 2.03. The minimum atomic E-state index is -0.0253. The number of carbonyl (C=O) groups is 1. The molecule has 2 aromatic rings. The number of nitrogens with one attached hydrogen (secondary N) is 1. The van der Waals surface area contributed by atoms with E-state index in [4.69, 9.17) is 0 Å². The van der Waals surface area contributed by atoms with Crippen LogP contribution in [0.4, 0.5) is 0 Å². The third-order valence-corrected chi connectivity index (χ3v) is 3.70. The highest BCUT2D eigenvalue weighted by molar-refractivity contribution is 5.94. The van der Waals surface area contributed by atoms with E-state index in [-0.39, 0.29) is 5.91 Å². The Labute approximate surface area is 144 Å². The van der Waals surface area contributed by atoms with E-state index in [9.17, 15) is 4.79 Å². The minimum absolute atomic E-state index is 0.0253. The third-order valence-electron chi connectivity index (χ3n) is 3.70. The van der Waals surface area contributed by atoms with Crippen molar-refractivity contribution in [1.82, 2.24) is 20.2 Å². The van der Waals surface area contributed by atoms with Gasteiger partial charge in [-0.15, -0.1) is 0 Å². The lowest BCUT2D eigenvalue weighted by Gasteiger charge is -2.09. The first-order valence-electron chi connectivity index (χ1n) is 8.44. The lowest BCUT2D eigenvalue weighted by molar-refractivity contribution is 0.0953. The minimum Gasteiger partial charge on any atom is -0.352 e. The molecule has 0 saturated carbocycles. The molecule has 1 heterocycles. The van der Waals surface area contributed by atoms with Gasteiger partial charge in [-0.3, -0.25) is 4.79 Å². The number of aryl methyl sites for hydroxylation is 2. The van der Waals surface area contributed by atoms with Crippen molar-refractivity contribution in [3.8, 4) is 0 Å². The standard InChI is InChI=1S/C19H26N4O/c1-23(2)15-7-11-18-20-14-12-17(22-18)10-6-13-21-19(24)16-8-4-3-5-9-16/h3-5,8-9,12,14H,6-7,10-11,13,15H2,1-2H3,(H,21,24). The SMILES string of the molecule is CN(C)CCCc1nccc(CCCNC(=O)c2ccccc2)n1. The maximum Gasteiger partial charge on any atom is 0.251 e. The number of nitrogens with zero attached hydrogens (tertiary/aromatic N) is 3. The number of hydrogen-bond acceptors (Lipinski definition) is 4. The number of rotatable bonds is 9. The van der Waals surface area contributed by atoms with Crippen LogP contribution in [0.15, 0.2) is 42.6 Å². The predicted octanol–water partition coefficient (Wildman–Crippen LogP) is 2.33. The average Bonchev–Trinajstić information content (AvgIpc) is 2.59. The van der Waals surface area contributed by atoms with Gasteiger partial charge in [-0.25, -0.2) is 9.97 Å². The van der Waals surface area contributed by atoms with Gasteiger partial charge in [0.05, 0.1) is 0 Å². The Balaban J connectivity index is 1.71. The Morgan fingerprint density at radius 2 is 1.88 bits per heavy atom. The van der Waals surface area contributed by atoms with Crippen molar-refractivity contribution in [3.05, 3.63) is 59.7 Å². The van der Waals surface area contributed by atoms with Gasteiger partial charge in [0.2, 0.25) is 0 Å². The highest BCUT2D eigenvalue weighted by atomic mass is 16.1. The van der Waals surface area contributed by atoms with Gasteiger partial charge < -0.3 is 10.2 Å². The Kier molecular flexibility index (Phi) is 7.36. The first-order chi connectivity index (χ1) is 11.6. The van der Waals surface area contributed by atoms with Gasteiger partial charge in [0, 0.05) is 30.4 Å². The zero-order chi connectivity index (χ0) is 17.2. The molecule has 0 spiro atoms. The number of benzene rings is 1. The smallest absolute Gasteiger partial charge is 0.251 e. The van der Waals surface area contributed by atoms with Gasteiger partial charge in [0.15, 0.2) is 0 Å². The summed E-state index contributed by atoms with van der Waals surface area (Å²) in [5, 5.41) is 2.94. The molecule has 0 atom stereocenters. The van der Waals surface area contributed by atoms with Crippen molar-refractivity contribution in [3.63, 3.8) is 0 Å². The number of aromatic nitrogens is 2. The summed E-state index contributed by atoms with van der Waals surface area (Å²) in [5.41, 5.74) is 1.74. The molecule has 0 aliphatic rings. The summed E-state index contributed by atoms with van der Waals surface area (Å²) in [6.07, 6.45) is 5.50. The Hall–Kier alpha value is -2.27. The fourth-order valence-electron chi connectivity index (χ4n) is 2.42. The summed E-state index contributed by atoms with van der Waals surface area (Å²) in [6, 6.07) is 11.2. The predicted molar refractivity (Wildman–Crippen MR) is 96.0 cm³/mol. The quantitative estimate of drug-likeness (QED) is 0.719. The van der Waals surface area contributed by atoms with E-state index in [1.54, 1.807) is 0 Å². The largest absolute Gasteiger partial charge is 0.352 e. The van der Waals surface area contributed by atoms with Gasteiger partial charge >= 0.3 is 0 Å². The monoisotopic (exact) mass is 326 g/mol. The molecule has 0 saturated heterocycles. The molecule has 1 aromatic carbocycles. The zero-order valence-corrected chi connectivity index (χ0v) is 14.5. The molecule has 24 heavy (non-hydrogen) atoms. The van der Waals surface area contributed by atoms with Gasteiger partial charge in [-0.1, -0.05) is 18.2 Å². The Bertz CT molecular complexity index is 628. The molecule has 5 heteroatoms. The van der Waals surface area contributed by atoms with Crippen LogP contribution in [0.3, 0.4) is 0 Å². The number of hydrogen-bond donors (Lipinski definition) is 1. The summed E-state index contributed by atoms with van der Waals surface area (Å²) >= 11 is 0. The van der Waals surface area contributed by atoms with Gasteiger partial charge in [0.1, 0.15) is 5.82 Å². The Morgan fingerprint density at radius 3 is 2.62 bits per heavy atom. The topological polar surface area (TPSA) is 58.1 Å². The summed E-state index contributed by atoms with van der Waals surface area (Å²) in [5.74, 6) is 0.880. The molecule has 2 rings (SSSR count). The van der Waals surface area contributed by atoms with Crippen molar-refractivity contribution in [2.24, 2.45) is 0 Å². The molecular formula is C19H26N4O. The third kappa shape index (κ3) is 6.46. The van der Waals surface area contributed by atoms with Crippen molar-refractivity contribution in [1.29, 1.82) is 0 Å². The van der Waals surface area contributed by atoms with E-state index in [0.29, 0.717) is 12.1 Å². The van der Waals surface area contributed by atoms with Crippen molar-refractivity contribution in [2.75, 3.05) is 27.2 Å². The van der Waals surface area contributed by atoms with Crippen LogP contribution in [0.5, 0.6) is 0 Å². The number of carbonyl (C=O) groups excluding carboxylic acids is 1. The summed E-state index contributed by atoms with van der Waals surface area (Å²) in [6.45, 7) is 1.69. The zero-order valence-electron chi connectivity index (χ0n) is 14.5. The molecule has 0 radical (unpaired) electrons. The normalized spacial score (nSPS) is 10.8. The van der Waals surface area contributed by atoms with E-state index in [1.807, 2.05) is 42.6 Å². The summed E-state index contributed by atoms with van der Waals surface area (Å²) in [7, 11) is 4.14. The molecule has 5 nitrogen and oxygen atoms in total. The molecule has 0 aliphatic carbocycles. The lowest BCUT2D eigenvalue weighted by atomic mass is 10.2. The molecule has 0 bridgehead atoms.